The van der Waals surface area contributed by atoms with Crippen molar-refractivity contribution in [1.29, 1.82) is 0 Å². The number of hydrogen-bond acceptors (Lipinski definition) is 15. The van der Waals surface area contributed by atoms with Crippen LogP contribution in [0, 0.1) is 5.92 Å². The van der Waals surface area contributed by atoms with Crippen LogP contribution in [0.4, 0.5) is 0 Å². The fourth-order valence-corrected chi connectivity index (χ4v) is 9.11. The van der Waals surface area contributed by atoms with Crippen LogP contribution in [0.2, 0.25) is 0 Å². The molecule has 62 heavy (non-hydrogen) atoms. The van der Waals surface area contributed by atoms with Gasteiger partial charge in [-0.25, -0.2) is 5.53 Å². The summed E-state index contributed by atoms with van der Waals surface area (Å²) < 4.78 is 12.2. The van der Waals surface area contributed by atoms with Gasteiger partial charge in [-0.1, -0.05) is 75.1 Å². The Morgan fingerprint density at radius 2 is 1.71 bits per heavy atom. The van der Waals surface area contributed by atoms with E-state index in [-0.39, 0.29) is 36.4 Å². The standard InChI is InChI=1S/C45H71N9O8/c1-5-13-34(40(57)43(59)46-27-37(56)49-38(30-14-8-6-9-15-30)41-50-51-52-54(41)45(2,3)4)47-42(58)35-26-33-28-53(35)44(60)39(31-16-10-7-11-17-31)48-36(55)23-20-29-18-21-32(22-19-29)61-24-12-25-62-33/h6,8-9,14-15,18-19,21-22,31,33-35,37-40,42,44,47,49,51-52,56-58,60H,5,7,10-13,16-17,20,23-28H2,1-4H3,(H,46,59)(H,48,55)/t33-,34?,35+,37-,38?,39+,40?,42+,44?/m1/s1. The summed E-state index contributed by atoms with van der Waals surface area (Å²) in [6, 6.07) is 14.6. The third-order valence-electron chi connectivity index (χ3n) is 12.4. The number of nitrogens with zero attached hydrogens (tertiary/aromatic N) is 3. The van der Waals surface area contributed by atoms with E-state index in [1.54, 1.807) is 0 Å². The summed E-state index contributed by atoms with van der Waals surface area (Å²) in [4.78, 5) is 28.9. The lowest BCUT2D eigenvalue weighted by Gasteiger charge is -2.41. The molecule has 2 aromatic rings. The number of aryl methyl sites for hydroxylation is 1. The van der Waals surface area contributed by atoms with Crippen LogP contribution in [0.25, 0.3) is 0 Å². The first-order chi connectivity index (χ1) is 29.8. The first-order valence-corrected chi connectivity index (χ1v) is 22.7. The van der Waals surface area contributed by atoms with Gasteiger partial charge in [0.15, 0.2) is 5.84 Å². The minimum atomic E-state index is -1.58. The van der Waals surface area contributed by atoms with Crippen LogP contribution in [0.15, 0.2) is 59.7 Å². The van der Waals surface area contributed by atoms with E-state index >= 15 is 0 Å². The molecule has 2 aromatic carbocycles. The predicted molar refractivity (Wildman–Crippen MR) is 235 cm³/mol. The second-order valence-electron chi connectivity index (χ2n) is 18.2. The van der Waals surface area contributed by atoms with Gasteiger partial charge in [-0.2, -0.15) is 0 Å². The summed E-state index contributed by atoms with van der Waals surface area (Å²) in [7, 11) is 0. The number of carbonyl (C=O) groups is 2. The average Bonchev–Trinajstić information content (AvgIpc) is 3.95. The summed E-state index contributed by atoms with van der Waals surface area (Å²) in [5.74, 6) is 0.527. The molecule has 4 aliphatic heterocycles. The van der Waals surface area contributed by atoms with Crippen LogP contribution < -0.4 is 37.1 Å². The minimum absolute atomic E-state index is 0.0542. The molecule has 10 atom stereocenters. The second kappa shape index (κ2) is 22.6. The Hall–Kier alpha value is -3.91. The summed E-state index contributed by atoms with van der Waals surface area (Å²) >= 11 is 0. The summed E-state index contributed by atoms with van der Waals surface area (Å²) in [5, 5.41) is 65.4. The fraction of sp³-hybridized carbons (Fsp3) is 0.667. The molecule has 0 spiro atoms. The van der Waals surface area contributed by atoms with Crippen molar-refractivity contribution < 1.29 is 39.5 Å². The lowest BCUT2D eigenvalue weighted by Crippen LogP contribution is -2.61. The monoisotopic (exact) mass is 866 g/mol. The van der Waals surface area contributed by atoms with Crippen LogP contribution in [0.3, 0.4) is 0 Å². The first kappa shape index (κ1) is 47.6. The lowest BCUT2D eigenvalue weighted by molar-refractivity contribution is -0.133. The van der Waals surface area contributed by atoms with Gasteiger partial charge in [0.1, 0.15) is 30.5 Å². The highest BCUT2D eigenvalue weighted by atomic mass is 16.5. The Kier molecular flexibility index (Phi) is 17.4. The molecule has 4 heterocycles. The van der Waals surface area contributed by atoms with Crippen LogP contribution in [-0.2, 0) is 20.7 Å². The maximum Gasteiger partial charge on any atom is 0.250 e. The summed E-state index contributed by atoms with van der Waals surface area (Å²) in [5.41, 5.74) is 7.34. The molecular formula is C45H71N9O8. The first-order valence-electron chi connectivity index (χ1n) is 22.7. The van der Waals surface area contributed by atoms with E-state index in [2.05, 4.69) is 37.4 Å². The third-order valence-corrected chi connectivity index (χ3v) is 12.4. The number of hydrogen-bond donors (Lipinski definition) is 10. The van der Waals surface area contributed by atoms with Crippen LogP contribution in [0.5, 0.6) is 5.75 Å². The maximum atomic E-state index is 13.6. The molecule has 1 aliphatic carbocycles. The van der Waals surface area contributed by atoms with Crippen LogP contribution >= 0.6 is 0 Å². The number of ether oxygens (including phenoxy) is 2. The molecule has 7 rings (SSSR count). The number of nitrogens with one attached hydrogen (secondary N) is 6. The molecule has 17 heteroatoms. The SMILES string of the molecule is CCCC(N[C@@H](O)[C@@H]1C[C@@H]2CN1C(O)[C@H](C1CCCCC1)NC(=O)CCc1ccc(cc1)OCCCO2)C(O)C(=O)NC[C@@H](O)NC(C1=NNNN1C(C)(C)C)c1ccccc1. The molecule has 344 valence electrons. The zero-order chi connectivity index (χ0) is 44.2. The average molecular weight is 866 g/mol. The van der Waals surface area contributed by atoms with Gasteiger partial charge in [0.05, 0.1) is 49.5 Å². The number of aliphatic hydroxyl groups is 4. The van der Waals surface area contributed by atoms with E-state index in [1.165, 1.54) is 0 Å². The van der Waals surface area contributed by atoms with Crippen LogP contribution in [-0.4, -0.2) is 129 Å². The molecule has 0 radical (unpaired) electrons. The number of benzene rings is 2. The van der Waals surface area contributed by atoms with E-state index in [1.807, 2.05) is 92.2 Å². The number of fused-ring (bicyclic) bond motifs is 11. The van der Waals surface area contributed by atoms with Gasteiger partial charge in [0.25, 0.3) is 5.91 Å². The van der Waals surface area contributed by atoms with E-state index in [0.29, 0.717) is 57.7 Å². The third kappa shape index (κ3) is 12.9. The van der Waals surface area contributed by atoms with Crippen molar-refractivity contribution in [3.8, 4) is 5.75 Å². The number of amides is 2. The normalized spacial score (nSPS) is 26.8. The van der Waals surface area contributed by atoms with Crippen molar-refractivity contribution in [3.63, 3.8) is 0 Å². The molecule has 2 amide bonds. The lowest BCUT2D eigenvalue weighted by atomic mass is 9.82. The van der Waals surface area contributed by atoms with Gasteiger partial charge in [0, 0.05) is 25.4 Å². The minimum Gasteiger partial charge on any atom is -0.494 e. The quantitative estimate of drug-likeness (QED) is 0.123. The number of hydrazone groups is 1. The molecule has 1 saturated heterocycles. The van der Waals surface area contributed by atoms with Crippen molar-refractivity contribution in [2.24, 2.45) is 11.0 Å². The van der Waals surface area contributed by atoms with Crippen molar-refractivity contribution in [3.05, 3.63) is 65.7 Å². The molecule has 2 fully saturated rings. The smallest absolute Gasteiger partial charge is 0.250 e. The maximum absolute atomic E-state index is 13.6. The number of hydrazine groups is 2. The zero-order valence-corrected chi connectivity index (χ0v) is 36.8. The highest BCUT2D eigenvalue weighted by molar-refractivity contribution is 5.89. The van der Waals surface area contributed by atoms with Crippen LogP contribution in [0.1, 0.15) is 109 Å². The van der Waals surface area contributed by atoms with Gasteiger partial charge in [-0.3, -0.25) is 30.1 Å². The highest BCUT2D eigenvalue weighted by Gasteiger charge is 2.46. The zero-order valence-electron chi connectivity index (χ0n) is 36.8. The van der Waals surface area contributed by atoms with Gasteiger partial charge < -0.3 is 40.5 Å². The molecule has 5 aliphatic rings. The molecule has 0 aromatic heterocycles. The van der Waals surface area contributed by atoms with Gasteiger partial charge >= 0.3 is 0 Å². The number of rotatable bonds is 14. The number of aliphatic hydroxyl groups excluding tert-OH is 4. The van der Waals surface area contributed by atoms with Gasteiger partial charge in [-0.15, -0.1) is 10.6 Å². The van der Waals surface area contributed by atoms with Crippen molar-refractivity contribution in [1.82, 2.24) is 42.2 Å². The predicted octanol–water partition coefficient (Wildman–Crippen LogP) is 1.88. The van der Waals surface area contributed by atoms with E-state index < -0.39 is 54.9 Å². The Morgan fingerprint density at radius 1 is 0.968 bits per heavy atom. The molecule has 5 unspecified atom stereocenters. The van der Waals surface area contributed by atoms with Gasteiger partial charge in [-0.05, 0) is 82.1 Å². The highest BCUT2D eigenvalue weighted by Crippen LogP contribution is 2.33. The Morgan fingerprint density at radius 3 is 2.42 bits per heavy atom. The molecule has 10 N–H and O–H groups in total. The van der Waals surface area contributed by atoms with E-state index in [0.717, 1.165) is 49.0 Å². The molecular weight excluding hydrogens is 795 g/mol. The van der Waals surface area contributed by atoms with Gasteiger partial charge in [0.2, 0.25) is 5.91 Å². The van der Waals surface area contributed by atoms with Crippen molar-refractivity contribution >= 4 is 17.6 Å². The molecule has 4 bridgehead atoms. The summed E-state index contributed by atoms with van der Waals surface area (Å²) in [6.45, 7) is 8.94. The topological polar surface area (TPSA) is 225 Å². The fourth-order valence-electron chi connectivity index (χ4n) is 9.11. The number of carbonyl (C=O) groups excluding carboxylic acids is 2. The Balaban J connectivity index is 1.13. The number of amidine groups is 1. The Bertz CT molecular complexity index is 1730. The molecule has 17 nitrogen and oxygen atoms in total. The van der Waals surface area contributed by atoms with Crippen molar-refractivity contribution in [2.75, 3.05) is 26.3 Å². The molecule has 1 saturated carbocycles. The van der Waals surface area contributed by atoms with E-state index in [9.17, 15) is 30.0 Å². The Labute approximate surface area is 366 Å². The van der Waals surface area contributed by atoms with Crippen molar-refractivity contribution in [2.45, 2.75) is 159 Å². The largest absolute Gasteiger partial charge is 0.494 e. The van der Waals surface area contributed by atoms with E-state index in [4.69, 9.17) is 9.47 Å². The summed E-state index contributed by atoms with van der Waals surface area (Å²) in [6.07, 6.45) is 2.08. The second-order valence-corrected chi connectivity index (χ2v) is 18.2.